The van der Waals surface area contributed by atoms with Crippen LogP contribution in [0.1, 0.15) is 63.8 Å². The first-order valence-corrected chi connectivity index (χ1v) is 11.2. The SMILES string of the molecule is CCCCN1C(=O)C2CCCCC2N(Cc2nc(-c3ccc(CC)cc3)no2)C1=O. The van der Waals surface area contributed by atoms with Gasteiger partial charge in [-0.25, -0.2) is 4.79 Å². The number of carbonyl (C=O) groups is 2. The van der Waals surface area contributed by atoms with Crippen molar-refractivity contribution in [1.82, 2.24) is 19.9 Å². The van der Waals surface area contributed by atoms with Gasteiger partial charge in [0.05, 0.1) is 5.92 Å². The van der Waals surface area contributed by atoms with Gasteiger partial charge in [0.1, 0.15) is 6.54 Å². The predicted octanol–water partition coefficient (Wildman–Crippen LogP) is 4.42. The number of imide groups is 1. The summed E-state index contributed by atoms with van der Waals surface area (Å²) < 4.78 is 5.49. The Labute approximate surface area is 177 Å². The van der Waals surface area contributed by atoms with Gasteiger partial charge < -0.3 is 9.42 Å². The van der Waals surface area contributed by atoms with Crippen LogP contribution in [0, 0.1) is 5.92 Å². The molecule has 2 atom stereocenters. The van der Waals surface area contributed by atoms with E-state index in [1.165, 1.54) is 10.5 Å². The molecule has 4 rings (SSSR count). The van der Waals surface area contributed by atoms with Gasteiger partial charge in [-0.15, -0.1) is 0 Å². The Morgan fingerprint density at radius 2 is 1.87 bits per heavy atom. The molecule has 2 heterocycles. The first-order chi connectivity index (χ1) is 14.6. The number of aryl methyl sites for hydroxylation is 1. The maximum atomic E-state index is 13.2. The molecule has 0 bridgehead atoms. The van der Waals surface area contributed by atoms with E-state index in [4.69, 9.17) is 4.52 Å². The first kappa shape index (κ1) is 20.6. The van der Waals surface area contributed by atoms with Crippen LogP contribution in [0.25, 0.3) is 11.4 Å². The highest BCUT2D eigenvalue weighted by Crippen LogP contribution is 2.35. The highest BCUT2D eigenvalue weighted by atomic mass is 16.5. The minimum absolute atomic E-state index is 0.00312. The van der Waals surface area contributed by atoms with E-state index in [2.05, 4.69) is 36.1 Å². The van der Waals surface area contributed by atoms with Gasteiger partial charge in [0.2, 0.25) is 17.6 Å². The smallest absolute Gasteiger partial charge is 0.327 e. The molecule has 1 saturated carbocycles. The van der Waals surface area contributed by atoms with Gasteiger partial charge in [0.15, 0.2) is 0 Å². The van der Waals surface area contributed by atoms with E-state index in [9.17, 15) is 9.59 Å². The summed E-state index contributed by atoms with van der Waals surface area (Å²) in [6.07, 6.45) is 6.50. The summed E-state index contributed by atoms with van der Waals surface area (Å²) in [5.41, 5.74) is 2.14. The molecule has 2 fully saturated rings. The fraction of sp³-hybridized carbons (Fsp3) is 0.565. The highest BCUT2D eigenvalue weighted by Gasteiger charge is 2.47. The predicted molar refractivity (Wildman–Crippen MR) is 112 cm³/mol. The Balaban J connectivity index is 1.55. The quantitative estimate of drug-likeness (QED) is 0.675. The van der Waals surface area contributed by atoms with Crippen molar-refractivity contribution in [2.75, 3.05) is 6.54 Å². The van der Waals surface area contributed by atoms with E-state index >= 15 is 0 Å². The molecule has 2 aliphatic rings. The number of amides is 3. The molecule has 1 aromatic heterocycles. The highest BCUT2D eigenvalue weighted by molar-refractivity contribution is 5.98. The Morgan fingerprint density at radius 1 is 1.10 bits per heavy atom. The van der Waals surface area contributed by atoms with E-state index in [1.54, 1.807) is 4.90 Å². The summed E-state index contributed by atoms with van der Waals surface area (Å²) in [5, 5.41) is 4.12. The monoisotopic (exact) mass is 410 g/mol. The Bertz CT molecular complexity index is 892. The van der Waals surface area contributed by atoms with Crippen LogP contribution in [-0.2, 0) is 17.8 Å². The molecule has 0 spiro atoms. The Hall–Kier alpha value is -2.70. The van der Waals surface area contributed by atoms with Gasteiger partial charge in [-0.05, 0) is 31.2 Å². The third-order valence-corrected chi connectivity index (χ3v) is 6.32. The number of hydrogen-bond donors (Lipinski definition) is 0. The van der Waals surface area contributed by atoms with Crippen molar-refractivity contribution in [3.05, 3.63) is 35.7 Å². The fourth-order valence-electron chi connectivity index (χ4n) is 4.54. The van der Waals surface area contributed by atoms with Gasteiger partial charge in [-0.3, -0.25) is 9.69 Å². The summed E-state index contributed by atoms with van der Waals surface area (Å²) in [6.45, 7) is 4.90. The molecule has 1 aliphatic carbocycles. The molecule has 2 aromatic rings. The Kier molecular flexibility index (Phi) is 6.16. The zero-order valence-electron chi connectivity index (χ0n) is 17.8. The largest absolute Gasteiger partial charge is 0.337 e. The number of rotatable bonds is 7. The molecule has 0 radical (unpaired) electrons. The van der Waals surface area contributed by atoms with Crippen molar-refractivity contribution >= 4 is 11.9 Å². The van der Waals surface area contributed by atoms with Crippen molar-refractivity contribution in [3.63, 3.8) is 0 Å². The van der Waals surface area contributed by atoms with Crippen LogP contribution in [0.4, 0.5) is 4.79 Å². The van der Waals surface area contributed by atoms with Crippen LogP contribution in [0.15, 0.2) is 28.8 Å². The number of unbranched alkanes of at least 4 members (excludes halogenated alkanes) is 1. The number of carbonyl (C=O) groups excluding carboxylic acids is 2. The van der Waals surface area contributed by atoms with Gasteiger partial charge >= 0.3 is 6.03 Å². The van der Waals surface area contributed by atoms with Gasteiger partial charge in [-0.1, -0.05) is 62.5 Å². The summed E-state index contributed by atoms with van der Waals surface area (Å²) in [5.74, 6) is 0.817. The van der Waals surface area contributed by atoms with Crippen molar-refractivity contribution in [3.8, 4) is 11.4 Å². The molecular formula is C23H30N4O3. The lowest BCUT2D eigenvalue weighted by Crippen LogP contribution is -2.62. The van der Waals surface area contributed by atoms with Crippen LogP contribution in [0.2, 0.25) is 0 Å². The topological polar surface area (TPSA) is 79.5 Å². The maximum absolute atomic E-state index is 13.2. The average molecular weight is 411 g/mol. The molecule has 1 saturated heterocycles. The van der Waals surface area contributed by atoms with Crippen LogP contribution < -0.4 is 0 Å². The molecule has 160 valence electrons. The van der Waals surface area contributed by atoms with E-state index in [1.807, 2.05) is 12.1 Å². The average Bonchev–Trinajstić information content (AvgIpc) is 3.25. The second-order valence-corrected chi connectivity index (χ2v) is 8.27. The number of urea groups is 1. The molecular weight excluding hydrogens is 380 g/mol. The van der Waals surface area contributed by atoms with Crippen LogP contribution in [0.5, 0.6) is 0 Å². The van der Waals surface area contributed by atoms with E-state index < -0.39 is 0 Å². The number of aromatic nitrogens is 2. The zero-order chi connectivity index (χ0) is 21.1. The lowest BCUT2D eigenvalue weighted by molar-refractivity contribution is -0.141. The number of fused-ring (bicyclic) bond motifs is 1. The van der Waals surface area contributed by atoms with Crippen molar-refractivity contribution in [2.24, 2.45) is 5.92 Å². The molecule has 7 heteroatoms. The fourth-order valence-corrected chi connectivity index (χ4v) is 4.54. The summed E-state index contributed by atoms with van der Waals surface area (Å²) >= 11 is 0. The van der Waals surface area contributed by atoms with Gasteiger partial charge in [0.25, 0.3) is 0 Å². The second kappa shape index (κ2) is 8.98. The zero-order valence-corrected chi connectivity index (χ0v) is 17.8. The van der Waals surface area contributed by atoms with E-state index in [0.717, 1.165) is 50.5 Å². The van der Waals surface area contributed by atoms with Gasteiger partial charge in [-0.2, -0.15) is 4.98 Å². The minimum atomic E-state index is -0.219. The van der Waals surface area contributed by atoms with E-state index in [0.29, 0.717) is 18.3 Å². The van der Waals surface area contributed by atoms with Crippen LogP contribution in [-0.4, -0.2) is 44.5 Å². The summed E-state index contributed by atoms with van der Waals surface area (Å²) in [4.78, 5) is 33.9. The first-order valence-electron chi connectivity index (χ1n) is 11.2. The normalized spacial score (nSPS) is 21.8. The number of benzene rings is 1. The number of nitrogens with zero attached hydrogens (tertiary/aromatic N) is 4. The van der Waals surface area contributed by atoms with Gasteiger partial charge in [0, 0.05) is 18.2 Å². The standard InChI is InChI=1S/C23H30N4O3/c1-3-5-14-26-22(28)18-8-6-7-9-19(18)27(23(26)29)15-20-24-21(25-30-20)17-12-10-16(4-2)11-13-17/h10-13,18-19H,3-9,14-15H2,1-2H3. The third kappa shape index (κ3) is 3.98. The Morgan fingerprint density at radius 3 is 2.60 bits per heavy atom. The lowest BCUT2D eigenvalue weighted by atomic mass is 9.81. The molecule has 1 aromatic carbocycles. The van der Waals surface area contributed by atoms with Crippen LogP contribution in [0.3, 0.4) is 0 Å². The maximum Gasteiger partial charge on any atom is 0.327 e. The summed E-state index contributed by atoms with van der Waals surface area (Å²) in [6, 6.07) is 7.80. The molecule has 2 unspecified atom stereocenters. The second-order valence-electron chi connectivity index (χ2n) is 8.27. The molecule has 0 N–H and O–H groups in total. The molecule has 1 aliphatic heterocycles. The summed E-state index contributed by atoms with van der Waals surface area (Å²) in [7, 11) is 0. The van der Waals surface area contributed by atoms with E-state index in [-0.39, 0.29) is 30.4 Å². The van der Waals surface area contributed by atoms with Crippen molar-refractivity contribution in [1.29, 1.82) is 0 Å². The van der Waals surface area contributed by atoms with Crippen LogP contribution >= 0.6 is 0 Å². The van der Waals surface area contributed by atoms with Crippen molar-refractivity contribution < 1.29 is 14.1 Å². The minimum Gasteiger partial charge on any atom is -0.337 e. The molecule has 30 heavy (non-hydrogen) atoms. The molecule has 3 amide bonds. The number of hydrogen-bond acceptors (Lipinski definition) is 5. The lowest BCUT2D eigenvalue weighted by Gasteiger charge is -2.46. The third-order valence-electron chi connectivity index (χ3n) is 6.32. The molecule has 7 nitrogen and oxygen atoms in total. The van der Waals surface area contributed by atoms with Crippen molar-refractivity contribution in [2.45, 2.75) is 71.4 Å².